The number of anilines is 2. The van der Waals surface area contributed by atoms with Gasteiger partial charge in [0, 0.05) is 23.9 Å². The van der Waals surface area contributed by atoms with Crippen molar-refractivity contribution in [1.29, 1.82) is 0 Å². The van der Waals surface area contributed by atoms with Crippen LogP contribution in [0.5, 0.6) is 0 Å². The molecule has 1 aliphatic heterocycles. The van der Waals surface area contributed by atoms with Gasteiger partial charge in [0.05, 0.1) is 41.6 Å². The lowest BCUT2D eigenvalue weighted by Gasteiger charge is -2.31. The number of amides is 1. The minimum absolute atomic E-state index is 0.0646. The highest BCUT2D eigenvalue weighted by Crippen LogP contribution is 2.36. The van der Waals surface area contributed by atoms with Gasteiger partial charge in [-0.25, -0.2) is 4.98 Å². The number of rotatable bonds is 5. The Bertz CT molecular complexity index is 888. The molecule has 0 unspecified atom stereocenters. The van der Waals surface area contributed by atoms with Crippen LogP contribution in [0.2, 0.25) is 0 Å². The fraction of sp³-hybridized carbons (Fsp3) is 0.500. The summed E-state index contributed by atoms with van der Waals surface area (Å²) in [5.41, 5.74) is 0.882. The van der Waals surface area contributed by atoms with Crippen molar-refractivity contribution in [1.82, 2.24) is 4.98 Å². The highest BCUT2D eigenvalue weighted by atomic mass is 32.2. The summed E-state index contributed by atoms with van der Waals surface area (Å²) in [4.78, 5) is 18.8. The predicted molar refractivity (Wildman–Crippen MR) is 115 cm³/mol. The van der Waals surface area contributed by atoms with Crippen LogP contribution in [0, 0.1) is 0 Å². The molecule has 0 atom stereocenters. The van der Waals surface area contributed by atoms with E-state index in [4.69, 9.17) is 4.74 Å². The normalized spacial score (nSPS) is 15.3. The van der Waals surface area contributed by atoms with Crippen molar-refractivity contribution in [2.24, 2.45) is 0 Å². The molecule has 1 aromatic heterocycles. The Morgan fingerprint density at radius 3 is 2.57 bits per heavy atom. The second-order valence-electron chi connectivity index (χ2n) is 7.91. The monoisotopic (exact) mass is 459 g/mol. The molecule has 0 radical (unpaired) electrons. The maximum atomic E-state index is 13.2. The average Bonchev–Trinajstić information content (AvgIpc) is 3.16. The number of thioether (sulfide) groups is 1. The van der Waals surface area contributed by atoms with Crippen LogP contribution in [-0.2, 0) is 21.1 Å². The van der Waals surface area contributed by atoms with Gasteiger partial charge in [0.15, 0.2) is 4.34 Å². The zero-order chi connectivity index (χ0) is 21.9. The van der Waals surface area contributed by atoms with E-state index in [1.54, 1.807) is 4.90 Å². The van der Waals surface area contributed by atoms with Crippen LogP contribution < -0.4 is 10.2 Å². The molecule has 1 aromatic carbocycles. The average molecular weight is 460 g/mol. The van der Waals surface area contributed by atoms with Gasteiger partial charge in [-0.2, -0.15) is 13.2 Å². The minimum Gasteiger partial charge on any atom is -0.378 e. The van der Waals surface area contributed by atoms with Crippen molar-refractivity contribution < 1.29 is 22.7 Å². The number of morpholine rings is 1. The van der Waals surface area contributed by atoms with E-state index in [-0.39, 0.29) is 17.1 Å². The van der Waals surface area contributed by atoms with Gasteiger partial charge in [0.25, 0.3) is 0 Å². The summed E-state index contributed by atoms with van der Waals surface area (Å²) in [5, 5.41) is 4.74. The first kappa shape index (κ1) is 22.9. The Balaban J connectivity index is 1.71. The molecule has 1 saturated heterocycles. The van der Waals surface area contributed by atoms with Gasteiger partial charge >= 0.3 is 6.18 Å². The molecular weight excluding hydrogens is 435 g/mol. The first-order valence-corrected chi connectivity index (χ1v) is 11.3. The third-order valence-electron chi connectivity index (χ3n) is 4.53. The summed E-state index contributed by atoms with van der Waals surface area (Å²) in [6.07, 6.45) is -4.45. The lowest BCUT2D eigenvalue weighted by molar-refractivity contribution is -0.137. The first-order valence-electron chi connectivity index (χ1n) is 9.46. The maximum absolute atomic E-state index is 13.2. The summed E-state index contributed by atoms with van der Waals surface area (Å²) in [6.45, 7) is 8.00. The van der Waals surface area contributed by atoms with E-state index in [0.29, 0.717) is 37.7 Å². The second kappa shape index (κ2) is 9.15. The number of alkyl halides is 3. The Morgan fingerprint density at radius 2 is 1.97 bits per heavy atom. The van der Waals surface area contributed by atoms with Crippen LogP contribution in [0.15, 0.2) is 27.9 Å². The number of carbonyl (C=O) groups excluding carboxylic acids is 1. The molecule has 3 rings (SSSR count). The quantitative estimate of drug-likeness (QED) is 0.636. The van der Waals surface area contributed by atoms with Gasteiger partial charge in [-0.15, -0.1) is 11.3 Å². The Morgan fingerprint density at radius 1 is 1.27 bits per heavy atom. The third-order valence-corrected chi connectivity index (χ3v) is 6.55. The summed E-state index contributed by atoms with van der Waals surface area (Å²) in [5.74, 6) is -0.164. The predicted octanol–water partition coefficient (Wildman–Crippen LogP) is 5.03. The SMILES string of the molecule is CC(C)(C)c1csc(SCC(=O)Nc2ccc(C(F)(F)F)cc2N2CCOCC2)n1. The third kappa shape index (κ3) is 5.89. The van der Waals surface area contributed by atoms with Crippen molar-refractivity contribution in [3.8, 4) is 0 Å². The van der Waals surface area contributed by atoms with Crippen molar-refractivity contribution in [2.45, 2.75) is 36.7 Å². The Kier molecular flexibility index (Phi) is 6.98. The fourth-order valence-corrected chi connectivity index (χ4v) is 4.71. The van der Waals surface area contributed by atoms with E-state index in [2.05, 4.69) is 31.1 Å². The second-order valence-corrected chi connectivity index (χ2v) is 10.00. The number of hydrogen-bond acceptors (Lipinski definition) is 6. The molecule has 10 heteroatoms. The topological polar surface area (TPSA) is 54.5 Å². The molecular formula is C20H24F3N3O2S2. The molecule has 30 heavy (non-hydrogen) atoms. The van der Waals surface area contributed by atoms with Gasteiger partial charge < -0.3 is 15.0 Å². The molecule has 0 aliphatic carbocycles. The van der Waals surface area contributed by atoms with Crippen molar-refractivity contribution in [3.63, 3.8) is 0 Å². The van der Waals surface area contributed by atoms with Crippen LogP contribution >= 0.6 is 23.1 Å². The van der Waals surface area contributed by atoms with Crippen LogP contribution in [0.4, 0.5) is 24.5 Å². The number of ether oxygens (including phenoxy) is 1. The largest absolute Gasteiger partial charge is 0.416 e. The van der Waals surface area contributed by atoms with Gasteiger partial charge in [-0.1, -0.05) is 32.5 Å². The highest BCUT2D eigenvalue weighted by molar-refractivity contribution is 8.01. The number of aromatic nitrogens is 1. The summed E-state index contributed by atoms with van der Waals surface area (Å²) in [6, 6.07) is 3.39. The number of carbonyl (C=O) groups is 1. The number of halogens is 3. The van der Waals surface area contributed by atoms with Crippen LogP contribution in [0.1, 0.15) is 32.0 Å². The van der Waals surface area contributed by atoms with E-state index < -0.39 is 11.7 Å². The number of nitrogens with zero attached hydrogens (tertiary/aromatic N) is 2. The van der Waals surface area contributed by atoms with Crippen LogP contribution in [0.25, 0.3) is 0 Å². The number of thiazole rings is 1. The van der Waals surface area contributed by atoms with Crippen LogP contribution in [-0.4, -0.2) is 42.9 Å². The minimum atomic E-state index is -4.45. The number of benzene rings is 1. The number of nitrogens with one attached hydrogen (secondary N) is 1. The molecule has 2 heterocycles. The van der Waals surface area contributed by atoms with E-state index in [9.17, 15) is 18.0 Å². The standard InChI is InChI=1S/C20H24F3N3O2S2/c1-19(2,3)16-11-29-18(25-16)30-12-17(27)24-14-5-4-13(20(21,22)23)10-15(14)26-6-8-28-9-7-26/h4-5,10-11H,6-9,12H2,1-3H3,(H,24,27). The van der Waals surface area contributed by atoms with Crippen LogP contribution in [0.3, 0.4) is 0 Å². The smallest absolute Gasteiger partial charge is 0.378 e. The summed E-state index contributed by atoms with van der Waals surface area (Å²) < 4.78 is 45.6. The highest BCUT2D eigenvalue weighted by Gasteiger charge is 2.32. The van der Waals surface area contributed by atoms with E-state index in [0.717, 1.165) is 22.2 Å². The molecule has 0 bridgehead atoms. The zero-order valence-corrected chi connectivity index (χ0v) is 18.6. The van der Waals surface area contributed by atoms with Crippen molar-refractivity contribution in [2.75, 3.05) is 42.3 Å². The van der Waals surface area contributed by atoms with E-state index in [1.807, 2.05) is 5.38 Å². The maximum Gasteiger partial charge on any atom is 0.416 e. The van der Waals surface area contributed by atoms with Crippen molar-refractivity contribution in [3.05, 3.63) is 34.8 Å². The lowest BCUT2D eigenvalue weighted by atomic mass is 9.93. The van der Waals surface area contributed by atoms with E-state index >= 15 is 0 Å². The molecule has 164 valence electrons. The van der Waals surface area contributed by atoms with Gasteiger partial charge in [-0.05, 0) is 18.2 Å². The molecule has 0 spiro atoms. The number of hydrogen-bond donors (Lipinski definition) is 1. The van der Waals surface area contributed by atoms with Crippen molar-refractivity contribution >= 4 is 40.4 Å². The Hall–Kier alpha value is -1.78. The molecule has 1 aliphatic rings. The van der Waals surface area contributed by atoms with Gasteiger partial charge in [0.1, 0.15) is 0 Å². The molecule has 1 fully saturated rings. The zero-order valence-electron chi connectivity index (χ0n) is 17.0. The van der Waals surface area contributed by atoms with Gasteiger partial charge in [0.2, 0.25) is 5.91 Å². The molecule has 0 saturated carbocycles. The molecule has 1 N–H and O–H groups in total. The van der Waals surface area contributed by atoms with E-state index in [1.165, 1.54) is 29.2 Å². The Labute approximate surface area is 182 Å². The summed E-state index contributed by atoms with van der Waals surface area (Å²) in [7, 11) is 0. The fourth-order valence-electron chi connectivity index (χ4n) is 2.86. The first-order chi connectivity index (χ1) is 14.0. The lowest BCUT2D eigenvalue weighted by Crippen LogP contribution is -2.37. The molecule has 5 nitrogen and oxygen atoms in total. The summed E-state index contributed by atoms with van der Waals surface area (Å²) >= 11 is 2.80. The molecule has 1 amide bonds. The van der Waals surface area contributed by atoms with Gasteiger partial charge in [-0.3, -0.25) is 4.79 Å². The molecule has 2 aromatic rings.